The average molecular weight is 693 g/mol. The first-order valence-corrected chi connectivity index (χ1v) is 17.7. The summed E-state index contributed by atoms with van der Waals surface area (Å²) in [6.07, 6.45) is 3.28. The number of carbonyl (C=O) groups is 3. The van der Waals surface area contributed by atoms with E-state index in [1.807, 2.05) is 66.0 Å². The fourth-order valence-electron chi connectivity index (χ4n) is 5.04. The van der Waals surface area contributed by atoms with Crippen LogP contribution in [0, 0.1) is 0 Å². The lowest BCUT2D eigenvalue weighted by atomic mass is 9.96. The van der Waals surface area contributed by atoms with Crippen LogP contribution in [0.1, 0.15) is 59.3 Å². The molecule has 4 rings (SSSR count). The Morgan fingerprint density at radius 2 is 1.52 bits per heavy atom. The number of aliphatic hydroxyl groups excluding tert-OH is 1. The molecule has 0 aliphatic carbocycles. The molecule has 0 fully saturated rings. The van der Waals surface area contributed by atoms with E-state index >= 15 is 0 Å². The largest absolute Gasteiger partial charge is 0.444 e. The normalized spacial score (nSPS) is 12.9. The number of hydrogen-bond donors (Lipinski definition) is 4. The SMILES string of the molecule is CC(C)c1nc(CN(C)C(=O)NC(CO)C(=O)NC(CCC(Cc2ccccc2)NC(=O)OCc2cncs2)Cc2ccccc2)cs1. The van der Waals surface area contributed by atoms with Gasteiger partial charge in [-0.15, -0.1) is 22.7 Å². The van der Waals surface area contributed by atoms with E-state index < -0.39 is 30.7 Å². The van der Waals surface area contributed by atoms with Gasteiger partial charge in [0, 0.05) is 36.6 Å². The Hall–Kier alpha value is -4.33. The van der Waals surface area contributed by atoms with Crippen molar-refractivity contribution in [3.8, 4) is 0 Å². The highest BCUT2D eigenvalue weighted by Crippen LogP contribution is 2.20. The molecule has 4 amide bonds. The van der Waals surface area contributed by atoms with Crippen LogP contribution < -0.4 is 16.0 Å². The zero-order valence-electron chi connectivity index (χ0n) is 27.5. The molecule has 11 nitrogen and oxygen atoms in total. The molecule has 0 saturated heterocycles. The molecule has 3 atom stereocenters. The van der Waals surface area contributed by atoms with Gasteiger partial charge in [0.2, 0.25) is 5.91 Å². The van der Waals surface area contributed by atoms with E-state index in [9.17, 15) is 19.5 Å². The summed E-state index contributed by atoms with van der Waals surface area (Å²) in [6.45, 7) is 3.96. The Morgan fingerprint density at radius 3 is 2.06 bits per heavy atom. The summed E-state index contributed by atoms with van der Waals surface area (Å²) in [5.41, 5.74) is 4.53. The van der Waals surface area contributed by atoms with Crippen LogP contribution in [0.4, 0.5) is 9.59 Å². The molecule has 0 saturated carbocycles. The van der Waals surface area contributed by atoms with Crippen molar-refractivity contribution in [1.82, 2.24) is 30.8 Å². The van der Waals surface area contributed by atoms with Gasteiger partial charge >= 0.3 is 12.1 Å². The first kappa shape index (κ1) is 36.5. The highest BCUT2D eigenvalue weighted by Gasteiger charge is 2.26. The van der Waals surface area contributed by atoms with Crippen molar-refractivity contribution in [2.45, 2.75) is 76.7 Å². The zero-order valence-corrected chi connectivity index (χ0v) is 29.1. The lowest BCUT2D eigenvalue weighted by molar-refractivity contribution is -0.124. The summed E-state index contributed by atoms with van der Waals surface area (Å²) >= 11 is 2.96. The van der Waals surface area contributed by atoms with Crippen LogP contribution in [0.25, 0.3) is 0 Å². The number of nitrogens with zero attached hydrogens (tertiary/aromatic N) is 3. The summed E-state index contributed by atoms with van der Waals surface area (Å²) in [5.74, 6) is -0.200. The molecule has 0 bridgehead atoms. The smallest absolute Gasteiger partial charge is 0.407 e. The lowest BCUT2D eigenvalue weighted by Crippen LogP contribution is -2.54. The van der Waals surface area contributed by atoms with E-state index in [0.29, 0.717) is 31.6 Å². The third kappa shape index (κ3) is 12.0. The number of nitrogens with one attached hydrogen (secondary N) is 3. The molecule has 0 aliphatic heterocycles. The van der Waals surface area contributed by atoms with Gasteiger partial charge < -0.3 is 30.7 Å². The molecule has 3 unspecified atom stereocenters. The average Bonchev–Trinajstić information content (AvgIpc) is 3.79. The highest BCUT2D eigenvalue weighted by atomic mass is 32.1. The third-order valence-corrected chi connectivity index (χ3v) is 9.56. The third-order valence-electron chi connectivity index (χ3n) is 7.62. The van der Waals surface area contributed by atoms with E-state index in [1.165, 1.54) is 16.2 Å². The summed E-state index contributed by atoms with van der Waals surface area (Å²) in [5, 5.41) is 21.7. The molecule has 0 spiro atoms. The number of ether oxygens (including phenoxy) is 1. The number of urea groups is 1. The minimum Gasteiger partial charge on any atom is -0.444 e. The van der Waals surface area contributed by atoms with E-state index in [4.69, 9.17) is 4.74 Å². The van der Waals surface area contributed by atoms with Crippen molar-refractivity contribution in [1.29, 1.82) is 0 Å². The highest BCUT2D eigenvalue weighted by molar-refractivity contribution is 7.09. The minimum atomic E-state index is -1.15. The number of hydrogen-bond acceptors (Lipinski definition) is 9. The maximum atomic E-state index is 13.5. The van der Waals surface area contributed by atoms with Crippen LogP contribution in [-0.2, 0) is 35.5 Å². The molecule has 2 aromatic heterocycles. The molecule has 2 heterocycles. The van der Waals surface area contributed by atoms with Crippen molar-refractivity contribution in [3.63, 3.8) is 0 Å². The minimum absolute atomic E-state index is 0.132. The summed E-state index contributed by atoms with van der Waals surface area (Å²) in [4.78, 5) is 50.1. The molecule has 2 aromatic carbocycles. The van der Waals surface area contributed by atoms with Gasteiger partial charge in [-0.2, -0.15) is 0 Å². The Morgan fingerprint density at radius 1 is 0.896 bits per heavy atom. The van der Waals surface area contributed by atoms with Crippen molar-refractivity contribution < 1.29 is 24.2 Å². The van der Waals surface area contributed by atoms with Gasteiger partial charge in [-0.25, -0.2) is 14.6 Å². The van der Waals surface area contributed by atoms with Gasteiger partial charge in [0.15, 0.2) is 0 Å². The van der Waals surface area contributed by atoms with Crippen LogP contribution >= 0.6 is 22.7 Å². The van der Waals surface area contributed by atoms with Crippen molar-refractivity contribution >= 4 is 40.7 Å². The standard InChI is InChI=1S/C35H44N6O5S2/c1-24(2)33-38-29(22-47-33)19-41(3)34(44)40-31(20-42)32(43)37-27(16-25-10-6-4-7-11-25)14-15-28(17-26-12-8-5-9-13-26)39-35(45)46-21-30-18-36-23-48-30/h4-13,18,22-24,27-28,31,42H,14-17,19-21H2,1-3H3,(H,37,43)(H,39,45)(H,40,44). The molecule has 48 heavy (non-hydrogen) atoms. The predicted molar refractivity (Wildman–Crippen MR) is 188 cm³/mol. The summed E-state index contributed by atoms with van der Waals surface area (Å²) < 4.78 is 5.45. The number of carbonyl (C=O) groups excluding carboxylic acids is 3. The molecule has 4 aromatic rings. The fourth-order valence-corrected chi connectivity index (χ4v) is 6.37. The second-order valence-corrected chi connectivity index (χ2v) is 13.8. The van der Waals surface area contributed by atoms with Gasteiger partial charge in [0.25, 0.3) is 0 Å². The second-order valence-electron chi connectivity index (χ2n) is 11.9. The van der Waals surface area contributed by atoms with E-state index in [1.54, 1.807) is 30.1 Å². The van der Waals surface area contributed by atoms with Crippen molar-refractivity contribution in [3.05, 3.63) is 104 Å². The van der Waals surface area contributed by atoms with Crippen molar-refractivity contribution in [2.75, 3.05) is 13.7 Å². The summed E-state index contributed by atoms with van der Waals surface area (Å²) in [6, 6.07) is 17.4. The van der Waals surface area contributed by atoms with Crippen LogP contribution in [0.3, 0.4) is 0 Å². The monoisotopic (exact) mass is 692 g/mol. The molecule has 0 radical (unpaired) electrons. The van der Waals surface area contributed by atoms with Crippen molar-refractivity contribution in [2.24, 2.45) is 0 Å². The van der Waals surface area contributed by atoms with Gasteiger partial charge in [-0.1, -0.05) is 74.5 Å². The van der Waals surface area contributed by atoms with Gasteiger partial charge in [-0.05, 0) is 36.8 Å². The van der Waals surface area contributed by atoms with Gasteiger partial charge in [-0.3, -0.25) is 9.78 Å². The van der Waals surface area contributed by atoms with Gasteiger partial charge in [0.05, 0.1) is 34.2 Å². The zero-order chi connectivity index (χ0) is 34.3. The number of aromatic nitrogens is 2. The molecule has 13 heteroatoms. The number of rotatable bonds is 17. The number of aliphatic hydroxyl groups is 1. The van der Waals surface area contributed by atoms with Gasteiger partial charge in [0.1, 0.15) is 12.6 Å². The summed E-state index contributed by atoms with van der Waals surface area (Å²) in [7, 11) is 1.62. The fraction of sp³-hybridized carbons (Fsp3) is 0.400. The first-order valence-electron chi connectivity index (χ1n) is 16.0. The molecular weight excluding hydrogens is 649 g/mol. The Labute approximate surface area is 289 Å². The van der Waals surface area contributed by atoms with Crippen LogP contribution in [0.15, 0.2) is 77.8 Å². The Balaban J connectivity index is 1.40. The molecule has 256 valence electrons. The molecular formula is C35H44N6O5S2. The van der Waals surface area contributed by atoms with Crippen LogP contribution in [0.2, 0.25) is 0 Å². The van der Waals surface area contributed by atoms with Crippen LogP contribution in [0.5, 0.6) is 0 Å². The number of alkyl carbamates (subject to hydrolysis) is 1. The molecule has 4 N–H and O–H groups in total. The Bertz CT molecular complexity index is 1550. The Kier molecular flexibility index (Phi) is 14.3. The maximum absolute atomic E-state index is 13.5. The number of amides is 4. The molecule has 0 aliphatic rings. The van der Waals surface area contributed by atoms with Crippen LogP contribution in [-0.4, -0.2) is 69.8 Å². The number of thiazole rings is 2. The lowest BCUT2D eigenvalue weighted by Gasteiger charge is -2.26. The van der Waals surface area contributed by atoms with E-state index in [-0.39, 0.29) is 25.2 Å². The predicted octanol–water partition coefficient (Wildman–Crippen LogP) is 5.27. The maximum Gasteiger partial charge on any atom is 0.407 e. The first-order chi connectivity index (χ1) is 23.2. The van der Waals surface area contributed by atoms with E-state index in [2.05, 4.69) is 39.8 Å². The number of benzene rings is 2. The quantitative estimate of drug-likeness (QED) is 0.118. The topological polar surface area (TPSA) is 146 Å². The van der Waals surface area contributed by atoms with E-state index in [0.717, 1.165) is 26.7 Å². The second kappa shape index (κ2) is 18.9.